The predicted octanol–water partition coefficient (Wildman–Crippen LogP) is 4.56. The maximum Gasteiger partial charge on any atom is 0.299 e. The molecular weight excluding hydrogens is 328 g/mol. The maximum absolute atomic E-state index is 12.6. The number of nitrogens with one attached hydrogen (secondary N) is 1. The van der Waals surface area contributed by atoms with Gasteiger partial charge in [-0.25, -0.2) is 4.68 Å². The van der Waals surface area contributed by atoms with Gasteiger partial charge in [-0.15, -0.1) is 10.2 Å². The molecule has 1 heterocycles. The molecule has 0 saturated heterocycles. The summed E-state index contributed by atoms with van der Waals surface area (Å²) in [5.41, 5.74) is 2.39. The first-order chi connectivity index (χ1) is 11.5. The van der Waals surface area contributed by atoms with Gasteiger partial charge in [0.05, 0.1) is 11.4 Å². The molecule has 2 N–H and O–H groups in total. The topological polar surface area (TPSA) is 82.7 Å². The minimum atomic E-state index is -0.316. The second kappa shape index (κ2) is 6.33. The summed E-state index contributed by atoms with van der Waals surface area (Å²) in [5.74, 6) is -0.0599. The van der Waals surface area contributed by atoms with Crippen molar-refractivity contribution in [3.63, 3.8) is 0 Å². The Bertz CT molecular complexity index is 988. The van der Waals surface area contributed by atoms with Crippen LogP contribution in [0.15, 0.2) is 57.5 Å². The molecule has 1 aromatic heterocycles. The van der Waals surface area contributed by atoms with Gasteiger partial charge in [0.2, 0.25) is 0 Å². The van der Waals surface area contributed by atoms with Crippen LogP contribution in [-0.2, 0) is 0 Å². The molecule has 0 fully saturated rings. The van der Waals surface area contributed by atoms with Crippen LogP contribution in [0.3, 0.4) is 0 Å². The summed E-state index contributed by atoms with van der Waals surface area (Å²) < 4.78 is 1.41. The van der Waals surface area contributed by atoms with Gasteiger partial charge in [-0.2, -0.15) is 0 Å². The quantitative estimate of drug-likeness (QED) is 0.684. The van der Waals surface area contributed by atoms with Gasteiger partial charge in [-0.05, 0) is 49.7 Å². The van der Waals surface area contributed by atoms with E-state index in [-0.39, 0.29) is 22.7 Å². The highest BCUT2D eigenvalue weighted by molar-refractivity contribution is 6.30. The molecule has 0 saturated carbocycles. The van der Waals surface area contributed by atoms with Gasteiger partial charge in [-0.3, -0.25) is 9.89 Å². The second-order valence-electron chi connectivity index (χ2n) is 5.40. The number of H-pyrrole nitrogens is 1. The number of nitrogens with zero attached hydrogens (tertiary/aromatic N) is 3. The molecule has 0 amide bonds. The molecule has 3 rings (SSSR count). The predicted molar refractivity (Wildman–Crippen MR) is 93.2 cm³/mol. The number of hydrogen-bond donors (Lipinski definition) is 2. The lowest BCUT2D eigenvalue weighted by molar-refractivity contribution is 0.476. The summed E-state index contributed by atoms with van der Waals surface area (Å²) in [4.78, 5) is 12.6. The number of benzene rings is 2. The van der Waals surface area contributed by atoms with Crippen molar-refractivity contribution < 1.29 is 5.11 Å². The Kier molecular flexibility index (Phi) is 4.22. The number of aromatic amines is 1. The summed E-state index contributed by atoms with van der Waals surface area (Å²) in [6.45, 7) is 3.69. The van der Waals surface area contributed by atoms with Gasteiger partial charge in [0, 0.05) is 5.02 Å². The summed E-state index contributed by atoms with van der Waals surface area (Å²) in [7, 11) is 0. The van der Waals surface area contributed by atoms with Crippen molar-refractivity contribution in [2.75, 3.05) is 0 Å². The fourth-order valence-corrected chi connectivity index (χ4v) is 2.45. The number of phenols is 1. The average Bonchev–Trinajstić information content (AvgIpc) is 2.83. The summed E-state index contributed by atoms with van der Waals surface area (Å²) in [5, 5.41) is 21.1. The molecule has 0 bridgehead atoms. The Morgan fingerprint density at radius 2 is 1.92 bits per heavy atom. The minimum Gasteiger partial charge on any atom is -0.506 e. The van der Waals surface area contributed by atoms with Gasteiger partial charge >= 0.3 is 0 Å². The molecule has 7 heteroatoms. The van der Waals surface area contributed by atoms with Crippen LogP contribution in [0.1, 0.15) is 11.3 Å². The lowest BCUT2D eigenvalue weighted by Crippen LogP contribution is -2.14. The number of azo groups is 1. The fraction of sp³-hybridized carbons (Fsp3) is 0.118. The molecule has 122 valence electrons. The number of rotatable bonds is 3. The van der Waals surface area contributed by atoms with Gasteiger partial charge in [0.15, 0.2) is 5.69 Å². The molecule has 0 aliphatic carbocycles. The first-order valence-electron chi connectivity index (χ1n) is 7.24. The number of phenolic OH excluding ortho intramolecular Hbond substituents is 1. The molecule has 3 aromatic rings. The molecule has 0 atom stereocenters. The number of hydrogen-bond acceptors (Lipinski definition) is 4. The molecule has 24 heavy (non-hydrogen) atoms. The van der Waals surface area contributed by atoms with Gasteiger partial charge in [0.1, 0.15) is 11.4 Å². The largest absolute Gasteiger partial charge is 0.506 e. The Labute approximate surface area is 143 Å². The van der Waals surface area contributed by atoms with Crippen LogP contribution in [0, 0.1) is 13.8 Å². The smallest absolute Gasteiger partial charge is 0.299 e. The molecule has 2 aromatic carbocycles. The highest BCUT2D eigenvalue weighted by Crippen LogP contribution is 2.30. The van der Waals surface area contributed by atoms with E-state index < -0.39 is 0 Å². The van der Waals surface area contributed by atoms with E-state index in [4.69, 9.17) is 11.6 Å². The van der Waals surface area contributed by atoms with Crippen molar-refractivity contribution in [1.82, 2.24) is 9.78 Å². The first-order valence-corrected chi connectivity index (χ1v) is 7.62. The standard InChI is InChI=1S/C17H15ClN4O2/c1-10-4-3-5-13(8-10)22-17(24)16(11(2)21-22)20-19-14-9-12(18)6-7-15(14)23/h3-9,21,23H,1-2H3. The molecule has 6 nitrogen and oxygen atoms in total. The molecule has 0 aliphatic heterocycles. The highest BCUT2D eigenvalue weighted by atomic mass is 35.5. The third kappa shape index (κ3) is 3.09. The zero-order valence-corrected chi connectivity index (χ0v) is 13.9. The van der Waals surface area contributed by atoms with E-state index in [2.05, 4.69) is 15.3 Å². The van der Waals surface area contributed by atoms with Gasteiger partial charge in [0.25, 0.3) is 5.56 Å². The van der Waals surface area contributed by atoms with Crippen LogP contribution in [0.4, 0.5) is 11.4 Å². The number of halogens is 1. The molecule has 0 radical (unpaired) electrons. The van der Waals surface area contributed by atoms with Crippen molar-refractivity contribution in [2.24, 2.45) is 10.2 Å². The Morgan fingerprint density at radius 1 is 1.12 bits per heavy atom. The molecule has 0 unspecified atom stereocenters. The number of aromatic hydroxyl groups is 1. The zero-order valence-electron chi connectivity index (χ0n) is 13.1. The van der Waals surface area contributed by atoms with Crippen molar-refractivity contribution in [3.05, 3.63) is 69.1 Å². The van der Waals surface area contributed by atoms with Gasteiger partial charge < -0.3 is 5.11 Å². The highest BCUT2D eigenvalue weighted by Gasteiger charge is 2.12. The van der Waals surface area contributed by atoms with Crippen LogP contribution in [0.25, 0.3) is 5.69 Å². The van der Waals surface area contributed by atoms with Crippen LogP contribution < -0.4 is 5.56 Å². The normalized spacial score (nSPS) is 11.3. The average molecular weight is 343 g/mol. The number of aromatic nitrogens is 2. The van der Waals surface area contributed by atoms with Crippen LogP contribution in [0.5, 0.6) is 5.75 Å². The monoisotopic (exact) mass is 342 g/mol. The maximum atomic E-state index is 12.6. The third-order valence-corrected chi connectivity index (χ3v) is 3.73. The lowest BCUT2D eigenvalue weighted by atomic mass is 10.2. The third-order valence-electron chi connectivity index (χ3n) is 3.50. The van der Waals surface area contributed by atoms with Crippen molar-refractivity contribution in [1.29, 1.82) is 0 Å². The van der Waals surface area contributed by atoms with E-state index in [0.717, 1.165) is 11.3 Å². The Morgan fingerprint density at radius 3 is 2.67 bits per heavy atom. The Hall–Kier alpha value is -2.86. The fourth-order valence-electron chi connectivity index (χ4n) is 2.28. The first kappa shape index (κ1) is 16.0. The Balaban J connectivity index is 2.02. The second-order valence-corrected chi connectivity index (χ2v) is 5.83. The van der Waals surface area contributed by atoms with E-state index in [1.165, 1.54) is 16.8 Å². The van der Waals surface area contributed by atoms with Crippen molar-refractivity contribution in [2.45, 2.75) is 13.8 Å². The zero-order chi connectivity index (χ0) is 17.3. The van der Waals surface area contributed by atoms with Crippen LogP contribution in [0.2, 0.25) is 5.02 Å². The van der Waals surface area contributed by atoms with Crippen molar-refractivity contribution in [3.8, 4) is 11.4 Å². The van der Waals surface area contributed by atoms with E-state index >= 15 is 0 Å². The van der Waals surface area contributed by atoms with E-state index in [1.54, 1.807) is 13.0 Å². The van der Waals surface area contributed by atoms with Crippen molar-refractivity contribution >= 4 is 23.0 Å². The summed E-state index contributed by atoms with van der Waals surface area (Å²) >= 11 is 5.88. The molecule has 0 aliphatic rings. The molecular formula is C17H15ClN4O2. The summed E-state index contributed by atoms with van der Waals surface area (Å²) in [6.07, 6.45) is 0. The van der Waals surface area contributed by atoms with E-state index in [0.29, 0.717) is 10.7 Å². The van der Waals surface area contributed by atoms with Crippen LogP contribution >= 0.6 is 11.6 Å². The van der Waals surface area contributed by atoms with E-state index in [9.17, 15) is 9.90 Å². The SMILES string of the molecule is Cc1cccc(-n2[nH]c(C)c(N=Nc3cc(Cl)ccc3O)c2=O)c1. The van der Waals surface area contributed by atoms with Crippen LogP contribution in [-0.4, -0.2) is 14.9 Å². The lowest BCUT2D eigenvalue weighted by Gasteiger charge is -2.01. The number of aryl methyl sites for hydroxylation is 2. The summed E-state index contributed by atoms with van der Waals surface area (Å²) in [6, 6.07) is 12.0. The van der Waals surface area contributed by atoms with Gasteiger partial charge in [-0.1, -0.05) is 23.7 Å². The minimum absolute atomic E-state index is 0.0599. The van der Waals surface area contributed by atoms with E-state index in [1.807, 2.05) is 31.2 Å². The molecule has 0 spiro atoms.